The fourth-order valence-corrected chi connectivity index (χ4v) is 1.65. The number of hydrogen-bond acceptors (Lipinski definition) is 3. The van der Waals surface area contributed by atoms with Crippen molar-refractivity contribution in [3.8, 4) is 0 Å². The Hall–Kier alpha value is -1.40. The Morgan fingerprint density at radius 2 is 1.94 bits per heavy atom. The van der Waals surface area contributed by atoms with Crippen LogP contribution in [0.5, 0.6) is 0 Å². The van der Waals surface area contributed by atoms with Crippen LogP contribution in [0.2, 0.25) is 0 Å². The molecule has 6 heteroatoms. The van der Waals surface area contributed by atoms with Crippen LogP contribution in [0.4, 0.5) is 0 Å². The molecule has 0 radical (unpaired) electrons. The van der Waals surface area contributed by atoms with Crippen molar-refractivity contribution in [2.45, 2.75) is 19.4 Å². The summed E-state index contributed by atoms with van der Waals surface area (Å²) in [6.07, 6.45) is 0.319. The highest BCUT2D eigenvalue weighted by molar-refractivity contribution is 9.10. The molecule has 92 valence electrons. The van der Waals surface area contributed by atoms with Gasteiger partial charge >= 0.3 is 0 Å². The van der Waals surface area contributed by atoms with Crippen LogP contribution >= 0.6 is 15.9 Å². The minimum Gasteiger partial charge on any atom is -0.344 e. The van der Waals surface area contributed by atoms with Crippen LogP contribution in [0.15, 0.2) is 28.7 Å². The average molecular weight is 301 g/mol. The SMILES string of the molecule is CC(=O)NC(Cc1ccc(Br)cc1)C(=O)NO. The Labute approximate surface area is 107 Å². The van der Waals surface area contributed by atoms with Gasteiger partial charge in [0.1, 0.15) is 6.04 Å². The first kappa shape index (κ1) is 13.7. The first-order valence-electron chi connectivity index (χ1n) is 4.98. The molecule has 1 unspecified atom stereocenters. The molecule has 1 aromatic rings. The second-order valence-corrected chi connectivity index (χ2v) is 4.48. The largest absolute Gasteiger partial charge is 0.344 e. The maximum Gasteiger partial charge on any atom is 0.266 e. The summed E-state index contributed by atoms with van der Waals surface area (Å²) in [6.45, 7) is 1.32. The van der Waals surface area contributed by atoms with E-state index < -0.39 is 11.9 Å². The van der Waals surface area contributed by atoms with Gasteiger partial charge in [-0.15, -0.1) is 0 Å². The fraction of sp³-hybridized carbons (Fsp3) is 0.273. The molecule has 17 heavy (non-hydrogen) atoms. The number of rotatable bonds is 4. The second-order valence-electron chi connectivity index (χ2n) is 3.56. The monoisotopic (exact) mass is 300 g/mol. The normalized spacial score (nSPS) is 11.7. The van der Waals surface area contributed by atoms with Crippen LogP contribution in [-0.4, -0.2) is 23.1 Å². The third-order valence-electron chi connectivity index (χ3n) is 2.16. The number of halogens is 1. The Morgan fingerprint density at radius 3 is 2.41 bits per heavy atom. The third kappa shape index (κ3) is 4.54. The molecule has 0 aliphatic carbocycles. The Balaban J connectivity index is 2.75. The van der Waals surface area contributed by atoms with Crippen LogP contribution in [0.25, 0.3) is 0 Å². The second kappa shape index (κ2) is 6.36. The van der Waals surface area contributed by atoms with E-state index in [1.54, 1.807) is 0 Å². The van der Waals surface area contributed by atoms with E-state index in [2.05, 4.69) is 21.2 Å². The molecule has 0 spiro atoms. The summed E-state index contributed by atoms with van der Waals surface area (Å²) < 4.78 is 0.934. The van der Waals surface area contributed by atoms with Gasteiger partial charge in [0.05, 0.1) is 0 Å². The summed E-state index contributed by atoms with van der Waals surface area (Å²) in [5.74, 6) is -0.959. The van der Waals surface area contributed by atoms with E-state index in [0.717, 1.165) is 10.0 Å². The van der Waals surface area contributed by atoms with Crippen molar-refractivity contribution in [2.24, 2.45) is 0 Å². The van der Waals surface area contributed by atoms with Crippen LogP contribution in [0.3, 0.4) is 0 Å². The summed E-state index contributed by atoms with van der Waals surface area (Å²) in [4.78, 5) is 22.3. The van der Waals surface area contributed by atoms with Crippen molar-refractivity contribution in [1.29, 1.82) is 0 Å². The molecule has 0 saturated carbocycles. The summed E-state index contributed by atoms with van der Waals surface area (Å²) in [5.41, 5.74) is 2.42. The van der Waals surface area contributed by atoms with Gasteiger partial charge in [-0.2, -0.15) is 0 Å². The molecule has 0 heterocycles. The van der Waals surface area contributed by atoms with E-state index in [-0.39, 0.29) is 5.91 Å². The van der Waals surface area contributed by atoms with Crippen molar-refractivity contribution in [1.82, 2.24) is 10.8 Å². The lowest BCUT2D eigenvalue weighted by Crippen LogP contribution is -2.46. The minimum atomic E-state index is -0.779. The van der Waals surface area contributed by atoms with Gasteiger partial charge in [0, 0.05) is 17.8 Å². The molecule has 0 bridgehead atoms. The number of benzene rings is 1. The highest BCUT2D eigenvalue weighted by Gasteiger charge is 2.19. The number of carbonyl (C=O) groups excluding carboxylic acids is 2. The smallest absolute Gasteiger partial charge is 0.266 e. The highest BCUT2D eigenvalue weighted by Crippen LogP contribution is 2.12. The molecule has 0 aliphatic rings. The van der Waals surface area contributed by atoms with Crippen molar-refractivity contribution in [3.63, 3.8) is 0 Å². The van der Waals surface area contributed by atoms with Crippen LogP contribution < -0.4 is 10.8 Å². The van der Waals surface area contributed by atoms with Crippen molar-refractivity contribution >= 4 is 27.7 Å². The summed E-state index contributed by atoms with van der Waals surface area (Å²) >= 11 is 3.31. The molecule has 0 fully saturated rings. The molecule has 0 aromatic heterocycles. The summed E-state index contributed by atoms with van der Waals surface area (Å²) in [7, 11) is 0. The lowest BCUT2D eigenvalue weighted by molar-refractivity contribution is -0.134. The van der Waals surface area contributed by atoms with Crippen molar-refractivity contribution in [3.05, 3.63) is 34.3 Å². The molecular weight excluding hydrogens is 288 g/mol. The van der Waals surface area contributed by atoms with E-state index in [4.69, 9.17) is 5.21 Å². The van der Waals surface area contributed by atoms with E-state index >= 15 is 0 Å². The average Bonchev–Trinajstić information content (AvgIpc) is 2.29. The lowest BCUT2D eigenvalue weighted by atomic mass is 10.1. The first-order valence-corrected chi connectivity index (χ1v) is 5.77. The lowest BCUT2D eigenvalue weighted by Gasteiger charge is -2.15. The van der Waals surface area contributed by atoms with E-state index in [1.165, 1.54) is 12.4 Å². The van der Waals surface area contributed by atoms with Gasteiger partial charge in [-0.1, -0.05) is 28.1 Å². The number of amides is 2. The van der Waals surface area contributed by atoms with Gasteiger partial charge < -0.3 is 5.32 Å². The Bertz CT molecular complexity index is 406. The van der Waals surface area contributed by atoms with Gasteiger partial charge in [0.15, 0.2) is 0 Å². The molecule has 1 atom stereocenters. The van der Waals surface area contributed by atoms with E-state index in [0.29, 0.717) is 6.42 Å². The zero-order valence-corrected chi connectivity index (χ0v) is 10.8. The Morgan fingerprint density at radius 1 is 1.35 bits per heavy atom. The van der Waals surface area contributed by atoms with E-state index in [1.807, 2.05) is 24.3 Å². The van der Waals surface area contributed by atoms with Gasteiger partial charge in [-0.25, -0.2) is 5.48 Å². The number of carbonyl (C=O) groups is 2. The van der Waals surface area contributed by atoms with Gasteiger partial charge in [-0.3, -0.25) is 14.8 Å². The number of hydroxylamine groups is 1. The zero-order valence-electron chi connectivity index (χ0n) is 9.24. The predicted molar refractivity (Wildman–Crippen MR) is 65.4 cm³/mol. The molecule has 3 N–H and O–H groups in total. The summed E-state index contributed by atoms with van der Waals surface area (Å²) in [5, 5.41) is 11.1. The third-order valence-corrected chi connectivity index (χ3v) is 2.69. The molecular formula is C11H13BrN2O3. The zero-order chi connectivity index (χ0) is 12.8. The number of nitrogens with one attached hydrogen (secondary N) is 2. The first-order chi connectivity index (χ1) is 8.02. The summed E-state index contributed by atoms with van der Waals surface area (Å²) in [6, 6.07) is 6.58. The standard InChI is InChI=1S/C11H13BrN2O3/c1-7(15)13-10(11(16)14-17)6-8-2-4-9(12)5-3-8/h2-5,10,17H,6H2,1H3,(H,13,15)(H,14,16). The quantitative estimate of drug-likeness (QED) is 0.573. The van der Waals surface area contributed by atoms with Gasteiger partial charge in [-0.05, 0) is 17.7 Å². The van der Waals surface area contributed by atoms with Gasteiger partial charge in [0.25, 0.3) is 5.91 Å². The maximum absolute atomic E-state index is 11.3. The minimum absolute atomic E-state index is 0.319. The molecule has 1 rings (SSSR count). The number of hydrogen-bond donors (Lipinski definition) is 3. The van der Waals surface area contributed by atoms with Crippen LogP contribution in [-0.2, 0) is 16.0 Å². The topological polar surface area (TPSA) is 78.4 Å². The molecule has 1 aromatic carbocycles. The predicted octanol–water partition coefficient (Wildman–Crippen LogP) is 1.00. The maximum atomic E-state index is 11.3. The molecule has 0 saturated heterocycles. The molecule has 2 amide bonds. The van der Waals surface area contributed by atoms with Crippen LogP contribution in [0.1, 0.15) is 12.5 Å². The van der Waals surface area contributed by atoms with Crippen molar-refractivity contribution < 1.29 is 14.8 Å². The Kier molecular flexibility index (Phi) is 5.11. The fourth-order valence-electron chi connectivity index (χ4n) is 1.39. The van der Waals surface area contributed by atoms with Crippen molar-refractivity contribution in [2.75, 3.05) is 0 Å². The molecule has 5 nitrogen and oxygen atoms in total. The highest BCUT2D eigenvalue weighted by atomic mass is 79.9. The molecule has 0 aliphatic heterocycles. The van der Waals surface area contributed by atoms with Gasteiger partial charge in [0.2, 0.25) is 5.91 Å². The van der Waals surface area contributed by atoms with Crippen LogP contribution in [0, 0.1) is 0 Å². The van der Waals surface area contributed by atoms with E-state index in [9.17, 15) is 9.59 Å².